The first-order valence-electron chi connectivity index (χ1n) is 11.2. The summed E-state index contributed by atoms with van der Waals surface area (Å²) in [5, 5.41) is 2.63. The number of nitrogens with one attached hydrogen (secondary N) is 1. The van der Waals surface area contributed by atoms with Crippen LogP contribution in [-0.4, -0.2) is 67.2 Å². The van der Waals surface area contributed by atoms with Gasteiger partial charge < -0.3 is 24.4 Å². The van der Waals surface area contributed by atoms with Gasteiger partial charge in [0.2, 0.25) is 0 Å². The lowest BCUT2D eigenvalue weighted by Gasteiger charge is -2.26. The van der Waals surface area contributed by atoms with Crippen LogP contribution in [0.15, 0.2) is 54.2 Å². The van der Waals surface area contributed by atoms with Gasteiger partial charge in [-0.25, -0.2) is 4.79 Å². The zero-order valence-electron chi connectivity index (χ0n) is 19.0. The van der Waals surface area contributed by atoms with Crippen molar-refractivity contribution in [2.24, 2.45) is 0 Å². The Balaban J connectivity index is 1.45. The van der Waals surface area contributed by atoms with Crippen molar-refractivity contribution >= 4 is 23.9 Å². The molecule has 2 aromatic rings. The highest BCUT2D eigenvalue weighted by Gasteiger charge is 2.33. The molecular weight excluding hydrogens is 438 g/mol. The van der Waals surface area contributed by atoms with Gasteiger partial charge in [0.15, 0.2) is 18.1 Å². The predicted octanol–water partition coefficient (Wildman–Crippen LogP) is 2.42. The molecule has 0 saturated carbocycles. The highest BCUT2D eigenvalue weighted by molar-refractivity contribution is 6.13. The normalized spacial score (nSPS) is 17.1. The maximum absolute atomic E-state index is 12.8. The highest BCUT2D eigenvalue weighted by atomic mass is 16.5. The van der Waals surface area contributed by atoms with Gasteiger partial charge in [-0.1, -0.05) is 36.4 Å². The molecule has 2 aromatic carbocycles. The molecule has 4 rings (SSSR count). The molecule has 0 atom stereocenters. The summed E-state index contributed by atoms with van der Waals surface area (Å²) in [6, 6.07) is 14.0. The Morgan fingerprint density at radius 3 is 2.56 bits per heavy atom. The number of hydrogen-bond donors (Lipinski definition) is 1. The van der Waals surface area contributed by atoms with Gasteiger partial charge in [-0.05, 0) is 36.3 Å². The molecule has 9 heteroatoms. The third-order valence-electron chi connectivity index (χ3n) is 5.44. The molecule has 0 unspecified atom stereocenters. The number of carbonyl (C=O) groups is 3. The topological polar surface area (TPSA) is 97.4 Å². The zero-order chi connectivity index (χ0) is 23.9. The Bertz CT molecular complexity index is 1080. The molecule has 178 valence electrons. The standard InChI is InChI=1S/C25H27N3O6/c1-2-33-22-15-19(8-9-21(22)34-17-23(29)27-10-12-32-13-11-27)14-20-24(30)28(25(31)26-20)16-18-6-4-3-5-7-18/h3-9,14-15H,2,10-13,16-17H2,1H3,(H,26,31)/b20-14-. The summed E-state index contributed by atoms with van der Waals surface area (Å²) in [4.78, 5) is 40.4. The monoisotopic (exact) mass is 465 g/mol. The minimum absolute atomic E-state index is 0.108. The Morgan fingerprint density at radius 1 is 1.06 bits per heavy atom. The van der Waals surface area contributed by atoms with Crippen LogP contribution in [0.2, 0.25) is 0 Å². The lowest BCUT2D eigenvalue weighted by molar-refractivity contribution is -0.137. The average molecular weight is 466 g/mol. The maximum Gasteiger partial charge on any atom is 0.329 e. The highest BCUT2D eigenvalue weighted by Crippen LogP contribution is 2.30. The van der Waals surface area contributed by atoms with Crippen LogP contribution in [0.1, 0.15) is 18.1 Å². The third kappa shape index (κ3) is 5.55. The molecule has 1 N–H and O–H groups in total. The summed E-state index contributed by atoms with van der Waals surface area (Å²) in [5.41, 5.74) is 1.69. The van der Waals surface area contributed by atoms with E-state index in [2.05, 4.69) is 5.32 Å². The molecule has 9 nitrogen and oxygen atoms in total. The van der Waals surface area contributed by atoms with E-state index < -0.39 is 11.9 Å². The smallest absolute Gasteiger partial charge is 0.329 e. The molecule has 4 amide bonds. The number of hydrogen-bond acceptors (Lipinski definition) is 6. The first-order chi connectivity index (χ1) is 16.5. The van der Waals surface area contributed by atoms with E-state index in [-0.39, 0.29) is 24.8 Å². The molecular formula is C25H27N3O6. The zero-order valence-corrected chi connectivity index (χ0v) is 19.0. The Kier molecular flexibility index (Phi) is 7.44. The quantitative estimate of drug-likeness (QED) is 0.475. The van der Waals surface area contributed by atoms with Crippen molar-refractivity contribution in [3.63, 3.8) is 0 Å². The first kappa shape index (κ1) is 23.3. The molecule has 0 bridgehead atoms. The van der Waals surface area contributed by atoms with Crippen molar-refractivity contribution in [2.75, 3.05) is 39.5 Å². The van der Waals surface area contributed by atoms with Crippen LogP contribution in [0.5, 0.6) is 11.5 Å². The molecule has 2 aliphatic heterocycles. The largest absolute Gasteiger partial charge is 0.490 e. The van der Waals surface area contributed by atoms with E-state index in [4.69, 9.17) is 14.2 Å². The van der Waals surface area contributed by atoms with Crippen LogP contribution < -0.4 is 14.8 Å². The number of benzene rings is 2. The number of ether oxygens (including phenoxy) is 3. The number of rotatable bonds is 8. The molecule has 0 radical (unpaired) electrons. The second-order valence-corrected chi connectivity index (χ2v) is 7.79. The lowest BCUT2D eigenvalue weighted by Crippen LogP contribution is -2.43. The van der Waals surface area contributed by atoms with Crippen molar-refractivity contribution in [3.05, 3.63) is 65.4 Å². The fourth-order valence-electron chi connectivity index (χ4n) is 3.69. The predicted molar refractivity (Wildman–Crippen MR) is 124 cm³/mol. The minimum Gasteiger partial charge on any atom is -0.490 e. The second kappa shape index (κ2) is 10.8. The SMILES string of the molecule is CCOc1cc(/C=C2\NC(=O)N(Cc3ccccc3)C2=O)ccc1OCC(=O)N1CCOCC1. The van der Waals surface area contributed by atoms with Crippen LogP contribution in [0.3, 0.4) is 0 Å². The van der Waals surface area contributed by atoms with Crippen molar-refractivity contribution in [1.82, 2.24) is 15.1 Å². The van der Waals surface area contributed by atoms with E-state index >= 15 is 0 Å². The molecule has 2 aliphatic rings. The summed E-state index contributed by atoms with van der Waals surface area (Å²) in [6.45, 7) is 4.47. The number of imide groups is 1. The van der Waals surface area contributed by atoms with Crippen molar-refractivity contribution in [2.45, 2.75) is 13.5 Å². The summed E-state index contributed by atoms with van der Waals surface area (Å²) < 4.78 is 16.7. The Morgan fingerprint density at radius 2 is 1.82 bits per heavy atom. The van der Waals surface area contributed by atoms with Gasteiger partial charge >= 0.3 is 6.03 Å². The maximum atomic E-state index is 12.8. The van der Waals surface area contributed by atoms with Crippen LogP contribution in [0.4, 0.5) is 4.79 Å². The average Bonchev–Trinajstić information content (AvgIpc) is 3.12. The second-order valence-electron chi connectivity index (χ2n) is 7.79. The number of amides is 4. The van der Waals surface area contributed by atoms with Crippen LogP contribution in [0, 0.1) is 0 Å². The fourth-order valence-corrected chi connectivity index (χ4v) is 3.69. The third-order valence-corrected chi connectivity index (χ3v) is 5.44. The number of carbonyl (C=O) groups excluding carboxylic acids is 3. The number of morpholine rings is 1. The van der Waals surface area contributed by atoms with E-state index in [1.165, 1.54) is 4.90 Å². The van der Waals surface area contributed by atoms with Gasteiger partial charge in [-0.3, -0.25) is 14.5 Å². The van der Waals surface area contributed by atoms with Gasteiger partial charge in [0.05, 0.1) is 26.4 Å². The van der Waals surface area contributed by atoms with Crippen LogP contribution >= 0.6 is 0 Å². The van der Waals surface area contributed by atoms with Crippen LogP contribution in [-0.2, 0) is 20.9 Å². The summed E-state index contributed by atoms with van der Waals surface area (Å²) in [6.07, 6.45) is 1.59. The Labute approximate surface area is 197 Å². The summed E-state index contributed by atoms with van der Waals surface area (Å²) >= 11 is 0. The molecule has 2 heterocycles. The van der Waals surface area contributed by atoms with Crippen LogP contribution in [0.25, 0.3) is 6.08 Å². The molecule has 2 saturated heterocycles. The van der Waals surface area contributed by atoms with Gasteiger partial charge in [-0.15, -0.1) is 0 Å². The fraction of sp³-hybridized carbons (Fsp3) is 0.320. The molecule has 0 aliphatic carbocycles. The van der Waals surface area contributed by atoms with Crippen molar-refractivity contribution in [1.29, 1.82) is 0 Å². The van der Waals surface area contributed by atoms with Crippen molar-refractivity contribution in [3.8, 4) is 11.5 Å². The first-order valence-corrected chi connectivity index (χ1v) is 11.2. The van der Waals surface area contributed by atoms with E-state index in [1.54, 1.807) is 29.2 Å². The van der Waals surface area contributed by atoms with E-state index in [0.717, 1.165) is 5.56 Å². The van der Waals surface area contributed by atoms with E-state index in [0.29, 0.717) is 50.0 Å². The number of nitrogens with zero attached hydrogens (tertiary/aromatic N) is 2. The molecule has 0 spiro atoms. The van der Waals surface area contributed by atoms with Gasteiger partial charge in [0.25, 0.3) is 11.8 Å². The summed E-state index contributed by atoms with van der Waals surface area (Å²) in [5.74, 6) is 0.362. The number of urea groups is 1. The molecule has 2 fully saturated rings. The molecule has 34 heavy (non-hydrogen) atoms. The van der Waals surface area contributed by atoms with E-state index in [1.807, 2.05) is 37.3 Å². The van der Waals surface area contributed by atoms with Gasteiger partial charge in [0.1, 0.15) is 5.70 Å². The van der Waals surface area contributed by atoms with E-state index in [9.17, 15) is 14.4 Å². The lowest BCUT2D eigenvalue weighted by atomic mass is 10.1. The van der Waals surface area contributed by atoms with Gasteiger partial charge in [-0.2, -0.15) is 0 Å². The Hall–Kier alpha value is -3.85. The van der Waals surface area contributed by atoms with Crippen molar-refractivity contribution < 1.29 is 28.6 Å². The van der Waals surface area contributed by atoms with Gasteiger partial charge in [0, 0.05) is 13.1 Å². The minimum atomic E-state index is -0.466. The summed E-state index contributed by atoms with van der Waals surface area (Å²) in [7, 11) is 0. The molecule has 0 aromatic heterocycles.